The topological polar surface area (TPSA) is 44.5 Å². The molecule has 0 heterocycles. The van der Waals surface area contributed by atoms with E-state index in [0.717, 1.165) is 0 Å². The smallest absolute Gasteiger partial charge is 0.161 e. The van der Waals surface area contributed by atoms with Gasteiger partial charge in [-0.2, -0.15) is 0 Å². The van der Waals surface area contributed by atoms with Crippen LogP contribution in [0.1, 0.15) is 18.5 Å². The molecule has 0 aliphatic heterocycles. The van der Waals surface area contributed by atoms with Gasteiger partial charge in [-0.1, -0.05) is 6.07 Å². The summed E-state index contributed by atoms with van der Waals surface area (Å²) in [5, 5.41) is 0. The molecule has 0 aromatic heterocycles. The average Bonchev–Trinajstić information content (AvgIpc) is 2.28. The third-order valence-corrected chi connectivity index (χ3v) is 2.08. The minimum Gasteiger partial charge on any atom is -0.493 e. The van der Waals surface area contributed by atoms with Crippen LogP contribution in [0.25, 0.3) is 0 Å². The number of ether oxygens (including phenoxy) is 2. The Morgan fingerprint density at radius 2 is 2.06 bits per heavy atom. The predicted octanol–water partition coefficient (Wildman–Crippen LogP) is 2.49. The van der Waals surface area contributed by atoms with E-state index in [4.69, 9.17) is 15.2 Å². The van der Waals surface area contributed by atoms with E-state index < -0.39 is 12.7 Å². The van der Waals surface area contributed by atoms with E-state index in [1.165, 1.54) is 0 Å². The first-order chi connectivity index (χ1) is 7.22. The van der Waals surface area contributed by atoms with Crippen LogP contribution in [0.15, 0.2) is 18.2 Å². The maximum absolute atomic E-state index is 12.4. The third kappa shape index (κ3) is 3.54. The number of halogens is 2. The Labute approximate surface area is 101 Å². The minimum atomic E-state index is -0.602. The highest BCUT2D eigenvalue weighted by atomic mass is 35.5. The molecule has 0 aliphatic carbocycles. The molecule has 0 radical (unpaired) electrons. The van der Waals surface area contributed by atoms with E-state index in [2.05, 4.69) is 0 Å². The van der Waals surface area contributed by atoms with Gasteiger partial charge in [0, 0.05) is 0 Å². The van der Waals surface area contributed by atoms with Crippen LogP contribution >= 0.6 is 12.4 Å². The molecule has 0 saturated carbocycles. The summed E-state index contributed by atoms with van der Waals surface area (Å²) in [6.07, 6.45) is 0. The Bertz CT molecular complexity index is 323. The van der Waals surface area contributed by atoms with Gasteiger partial charge < -0.3 is 15.2 Å². The zero-order chi connectivity index (χ0) is 11.3. The van der Waals surface area contributed by atoms with Crippen molar-refractivity contribution in [1.82, 2.24) is 0 Å². The highest BCUT2D eigenvalue weighted by Crippen LogP contribution is 2.29. The van der Waals surface area contributed by atoms with Crippen molar-refractivity contribution in [3.63, 3.8) is 0 Å². The molecular formula is C11H17ClFNO2. The summed E-state index contributed by atoms with van der Waals surface area (Å²) in [6, 6.07) is 4.59. The summed E-state index contributed by atoms with van der Waals surface area (Å²) in [5.74, 6) is 1.23. The van der Waals surface area contributed by atoms with Crippen LogP contribution in [-0.2, 0) is 0 Å². The predicted molar refractivity (Wildman–Crippen MR) is 64.3 cm³/mol. The highest BCUT2D eigenvalue weighted by molar-refractivity contribution is 5.85. The number of nitrogens with two attached hydrogens (primary N) is 1. The van der Waals surface area contributed by atoms with Crippen molar-refractivity contribution in [3.8, 4) is 11.5 Å². The monoisotopic (exact) mass is 249 g/mol. The largest absolute Gasteiger partial charge is 0.493 e. The first-order valence-corrected chi connectivity index (χ1v) is 4.85. The van der Waals surface area contributed by atoms with Crippen molar-refractivity contribution in [2.45, 2.75) is 13.0 Å². The van der Waals surface area contributed by atoms with E-state index in [0.29, 0.717) is 23.7 Å². The number of rotatable bonds is 5. The minimum absolute atomic E-state index is 0. The van der Waals surface area contributed by atoms with Gasteiger partial charge in [-0.3, -0.25) is 0 Å². The first kappa shape index (κ1) is 15.0. The fourth-order valence-corrected chi connectivity index (χ4v) is 1.28. The SMILES string of the molecule is CCOc1cc([C@H](N)CF)ccc1OC.Cl. The molecule has 0 bridgehead atoms. The highest BCUT2D eigenvalue weighted by Gasteiger charge is 2.10. The molecule has 0 amide bonds. The Morgan fingerprint density at radius 3 is 2.56 bits per heavy atom. The number of hydrogen-bond acceptors (Lipinski definition) is 3. The van der Waals surface area contributed by atoms with Gasteiger partial charge in [0.15, 0.2) is 11.5 Å². The number of hydrogen-bond donors (Lipinski definition) is 1. The second kappa shape index (κ2) is 7.30. The summed E-state index contributed by atoms with van der Waals surface area (Å²) in [5.41, 5.74) is 6.29. The molecular weight excluding hydrogens is 233 g/mol. The molecule has 92 valence electrons. The molecule has 1 rings (SSSR count). The molecule has 1 aromatic rings. The van der Waals surface area contributed by atoms with Crippen LogP contribution in [0.2, 0.25) is 0 Å². The number of methoxy groups -OCH3 is 1. The van der Waals surface area contributed by atoms with Crippen molar-refractivity contribution in [1.29, 1.82) is 0 Å². The van der Waals surface area contributed by atoms with E-state index in [1.807, 2.05) is 6.92 Å². The number of benzene rings is 1. The maximum atomic E-state index is 12.4. The maximum Gasteiger partial charge on any atom is 0.161 e. The standard InChI is InChI=1S/C11H16FNO2.ClH/c1-3-15-11-6-8(9(13)7-12)4-5-10(11)14-2;/h4-6,9H,3,7,13H2,1-2H3;1H/t9-;/m1./s1. The lowest BCUT2D eigenvalue weighted by molar-refractivity contribution is 0.310. The van der Waals surface area contributed by atoms with E-state index in [9.17, 15) is 4.39 Å². The van der Waals surface area contributed by atoms with Crippen molar-refractivity contribution < 1.29 is 13.9 Å². The average molecular weight is 250 g/mol. The summed E-state index contributed by atoms with van der Waals surface area (Å²) in [4.78, 5) is 0. The van der Waals surface area contributed by atoms with Crippen molar-refractivity contribution in [2.24, 2.45) is 5.73 Å². The van der Waals surface area contributed by atoms with Gasteiger partial charge in [0.2, 0.25) is 0 Å². The van der Waals surface area contributed by atoms with Gasteiger partial charge in [0.1, 0.15) is 6.67 Å². The Kier molecular flexibility index (Phi) is 6.85. The fourth-order valence-electron chi connectivity index (χ4n) is 1.28. The lowest BCUT2D eigenvalue weighted by Gasteiger charge is -2.13. The van der Waals surface area contributed by atoms with Gasteiger partial charge in [0.25, 0.3) is 0 Å². The van der Waals surface area contributed by atoms with E-state index in [-0.39, 0.29) is 12.4 Å². The zero-order valence-corrected chi connectivity index (χ0v) is 10.2. The van der Waals surface area contributed by atoms with E-state index >= 15 is 0 Å². The van der Waals surface area contributed by atoms with Gasteiger partial charge in [-0.15, -0.1) is 12.4 Å². The molecule has 0 unspecified atom stereocenters. The molecule has 0 aliphatic rings. The van der Waals surface area contributed by atoms with Gasteiger partial charge >= 0.3 is 0 Å². The second-order valence-electron chi connectivity index (χ2n) is 3.10. The van der Waals surface area contributed by atoms with Crippen LogP contribution in [0, 0.1) is 0 Å². The molecule has 1 atom stereocenters. The summed E-state index contributed by atoms with van der Waals surface area (Å²) in [6.45, 7) is 1.82. The van der Waals surface area contributed by atoms with Crippen LogP contribution < -0.4 is 15.2 Å². The quantitative estimate of drug-likeness (QED) is 0.872. The van der Waals surface area contributed by atoms with Crippen LogP contribution in [-0.4, -0.2) is 20.4 Å². The molecule has 2 N–H and O–H groups in total. The van der Waals surface area contributed by atoms with Gasteiger partial charge in [-0.05, 0) is 24.6 Å². The molecule has 0 fully saturated rings. The Morgan fingerprint density at radius 1 is 1.38 bits per heavy atom. The lowest BCUT2D eigenvalue weighted by Crippen LogP contribution is -2.12. The zero-order valence-electron chi connectivity index (χ0n) is 9.40. The number of alkyl halides is 1. The molecule has 16 heavy (non-hydrogen) atoms. The lowest BCUT2D eigenvalue weighted by atomic mass is 10.1. The molecule has 0 saturated heterocycles. The Balaban J connectivity index is 0.00000225. The summed E-state index contributed by atoms with van der Waals surface area (Å²) in [7, 11) is 1.56. The van der Waals surface area contributed by atoms with Crippen LogP contribution in [0.4, 0.5) is 4.39 Å². The molecule has 1 aromatic carbocycles. The van der Waals surface area contributed by atoms with Crippen LogP contribution in [0.3, 0.4) is 0 Å². The summed E-state index contributed by atoms with van der Waals surface area (Å²) >= 11 is 0. The second-order valence-corrected chi connectivity index (χ2v) is 3.10. The fraction of sp³-hybridized carbons (Fsp3) is 0.455. The van der Waals surface area contributed by atoms with Crippen molar-refractivity contribution in [3.05, 3.63) is 23.8 Å². The van der Waals surface area contributed by atoms with Gasteiger partial charge in [-0.25, -0.2) is 4.39 Å². The van der Waals surface area contributed by atoms with Crippen LogP contribution in [0.5, 0.6) is 11.5 Å². The summed E-state index contributed by atoms with van der Waals surface area (Å²) < 4.78 is 22.8. The first-order valence-electron chi connectivity index (χ1n) is 4.85. The Hall–Kier alpha value is -1.00. The molecule has 0 spiro atoms. The normalized spacial score (nSPS) is 11.5. The van der Waals surface area contributed by atoms with E-state index in [1.54, 1.807) is 25.3 Å². The van der Waals surface area contributed by atoms with Crippen molar-refractivity contribution >= 4 is 12.4 Å². The van der Waals surface area contributed by atoms with Crippen molar-refractivity contribution in [2.75, 3.05) is 20.4 Å². The molecule has 5 heteroatoms. The molecule has 3 nitrogen and oxygen atoms in total. The van der Waals surface area contributed by atoms with Gasteiger partial charge in [0.05, 0.1) is 19.8 Å². The third-order valence-electron chi connectivity index (χ3n) is 2.08.